The second kappa shape index (κ2) is 5.93. The van der Waals surface area contributed by atoms with E-state index < -0.39 is 0 Å². The molecule has 0 aliphatic heterocycles. The number of Topliss-reactive ketones (excluding diaryl/α,β-unsaturated/α-hetero) is 1. The van der Waals surface area contributed by atoms with E-state index in [4.69, 9.17) is 0 Å². The summed E-state index contributed by atoms with van der Waals surface area (Å²) in [5, 5.41) is 4.40. The summed E-state index contributed by atoms with van der Waals surface area (Å²) in [5.41, 5.74) is 0.514. The summed E-state index contributed by atoms with van der Waals surface area (Å²) in [5.74, 6) is -0.809. The van der Waals surface area contributed by atoms with Crippen molar-refractivity contribution in [3.63, 3.8) is 0 Å². The average Bonchev–Trinajstić information content (AvgIpc) is 2.89. The third-order valence-corrected chi connectivity index (χ3v) is 3.85. The normalized spacial score (nSPS) is 18.5. The molecule has 0 spiro atoms. The Labute approximate surface area is 114 Å². The third-order valence-electron chi connectivity index (χ3n) is 2.94. The van der Waals surface area contributed by atoms with Crippen LogP contribution in [0.5, 0.6) is 0 Å². The van der Waals surface area contributed by atoms with Crippen molar-refractivity contribution in [1.29, 1.82) is 0 Å². The first-order valence-electron chi connectivity index (χ1n) is 5.99. The maximum absolute atomic E-state index is 13.0. The molecule has 0 saturated heterocycles. The smallest absolute Gasteiger partial charge is 0.247 e. The van der Waals surface area contributed by atoms with Crippen molar-refractivity contribution in [2.24, 2.45) is 5.92 Å². The Hall–Kier alpha value is -1.75. The lowest BCUT2D eigenvalue weighted by atomic mass is 9.92. The van der Waals surface area contributed by atoms with Gasteiger partial charge in [-0.3, -0.25) is 9.59 Å². The molecule has 0 bridgehead atoms. The van der Waals surface area contributed by atoms with Crippen molar-refractivity contribution in [3.8, 4) is 0 Å². The Morgan fingerprint density at radius 2 is 2.26 bits per heavy atom. The molecule has 1 unspecified atom stereocenters. The molecule has 1 aromatic rings. The van der Waals surface area contributed by atoms with Crippen LogP contribution in [0.25, 0.3) is 0 Å². The third kappa shape index (κ3) is 3.38. The van der Waals surface area contributed by atoms with Crippen LogP contribution in [-0.4, -0.2) is 18.2 Å². The lowest BCUT2D eigenvalue weighted by Crippen LogP contribution is -2.32. The number of hydrogen-bond donors (Lipinski definition) is 1. The van der Waals surface area contributed by atoms with Crippen molar-refractivity contribution in [2.45, 2.75) is 13.3 Å². The molecule has 1 aromatic heterocycles. The molecule has 1 amide bonds. The fraction of sp³-hybridized carbons (Fsp3) is 0.286. The van der Waals surface area contributed by atoms with Crippen molar-refractivity contribution >= 4 is 23.0 Å². The highest BCUT2D eigenvalue weighted by molar-refractivity contribution is 7.12. The molecule has 5 heteroatoms. The van der Waals surface area contributed by atoms with Gasteiger partial charge in [0.05, 0.1) is 11.4 Å². The van der Waals surface area contributed by atoms with E-state index in [1.165, 1.54) is 23.5 Å². The largest absolute Gasteiger partial charge is 0.345 e. The molecule has 1 N–H and O–H groups in total. The first-order valence-corrected chi connectivity index (χ1v) is 6.87. The zero-order chi connectivity index (χ0) is 13.8. The monoisotopic (exact) mass is 279 g/mol. The summed E-state index contributed by atoms with van der Waals surface area (Å²) in [4.78, 5) is 24.3. The summed E-state index contributed by atoms with van der Waals surface area (Å²) in [6, 6.07) is 3.51. The van der Waals surface area contributed by atoms with Gasteiger partial charge in [-0.15, -0.1) is 11.3 Å². The predicted octanol–water partition coefficient (Wildman–Crippen LogP) is 2.87. The van der Waals surface area contributed by atoms with E-state index in [-0.39, 0.29) is 36.4 Å². The number of amides is 1. The first kappa shape index (κ1) is 13.7. The minimum atomic E-state index is -0.304. The summed E-state index contributed by atoms with van der Waals surface area (Å²) in [7, 11) is 0. The molecule has 0 aromatic carbocycles. The average molecular weight is 279 g/mol. The van der Waals surface area contributed by atoms with Crippen LogP contribution in [0.3, 0.4) is 0 Å². The van der Waals surface area contributed by atoms with E-state index in [0.717, 1.165) is 0 Å². The minimum absolute atomic E-state index is 0.0321. The van der Waals surface area contributed by atoms with Crippen LogP contribution in [0.15, 0.2) is 41.1 Å². The maximum atomic E-state index is 13.0. The molecule has 19 heavy (non-hydrogen) atoms. The van der Waals surface area contributed by atoms with Crippen molar-refractivity contribution in [1.82, 2.24) is 5.32 Å². The van der Waals surface area contributed by atoms with Crippen LogP contribution < -0.4 is 5.32 Å². The lowest BCUT2D eigenvalue weighted by molar-refractivity contribution is -0.117. The number of ketones is 1. The molecular formula is C14H14FNO2S. The molecule has 1 heterocycles. The highest BCUT2D eigenvalue weighted by atomic mass is 32.1. The molecule has 2 rings (SSSR count). The van der Waals surface area contributed by atoms with Gasteiger partial charge in [-0.1, -0.05) is 19.1 Å². The van der Waals surface area contributed by atoms with Crippen LogP contribution in [0, 0.1) is 5.92 Å². The Morgan fingerprint density at radius 1 is 1.47 bits per heavy atom. The van der Waals surface area contributed by atoms with Gasteiger partial charge in [-0.2, -0.15) is 0 Å². The number of hydrogen-bond acceptors (Lipinski definition) is 3. The summed E-state index contributed by atoms with van der Waals surface area (Å²) in [6.45, 7) is 1.76. The number of nitrogens with one attached hydrogen (secondary N) is 1. The van der Waals surface area contributed by atoms with Gasteiger partial charge in [0.25, 0.3) is 0 Å². The fourth-order valence-corrected chi connectivity index (χ4v) is 2.57. The Morgan fingerprint density at radius 3 is 2.89 bits per heavy atom. The lowest BCUT2D eigenvalue weighted by Gasteiger charge is -2.17. The number of halogens is 1. The summed E-state index contributed by atoms with van der Waals surface area (Å²) >= 11 is 1.34. The van der Waals surface area contributed by atoms with E-state index in [1.54, 1.807) is 19.1 Å². The molecular weight excluding hydrogens is 265 g/mol. The summed E-state index contributed by atoms with van der Waals surface area (Å²) in [6.07, 6.45) is 3.02. The fourth-order valence-electron chi connectivity index (χ4n) is 1.90. The number of thiophene rings is 1. The van der Waals surface area contributed by atoms with E-state index >= 15 is 0 Å². The van der Waals surface area contributed by atoms with E-state index in [9.17, 15) is 14.0 Å². The Kier molecular flexibility index (Phi) is 4.27. The number of rotatable bonds is 4. The van der Waals surface area contributed by atoms with Crippen LogP contribution in [0.4, 0.5) is 4.39 Å². The standard InChI is InChI=1S/C14H14FNO2S/c1-9-7-10(15)4-5-11(9)14(18)16-8-12(17)13-3-2-6-19-13/h2-6,9H,7-8H2,1H3,(H,16,18). The molecule has 100 valence electrons. The molecule has 3 nitrogen and oxygen atoms in total. The molecule has 1 aliphatic carbocycles. The topological polar surface area (TPSA) is 46.2 Å². The Balaban J connectivity index is 1.93. The van der Waals surface area contributed by atoms with Crippen LogP contribution >= 0.6 is 11.3 Å². The van der Waals surface area contributed by atoms with Gasteiger partial charge < -0.3 is 5.32 Å². The van der Waals surface area contributed by atoms with Gasteiger partial charge in [0.15, 0.2) is 5.78 Å². The zero-order valence-electron chi connectivity index (χ0n) is 10.5. The molecule has 0 saturated carbocycles. The highest BCUT2D eigenvalue weighted by Gasteiger charge is 2.21. The quantitative estimate of drug-likeness (QED) is 0.861. The molecule has 0 fully saturated rings. The number of carbonyl (C=O) groups excluding carboxylic acids is 2. The number of carbonyl (C=O) groups is 2. The maximum Gasteiger partial charge on any atom is 0.247 e. The van der Waals surface area contributed by atoms with E-state index in [0.29, 0.717) is 10.5 Å². The molecule has 0 radical (unpaired) electrons. The predicted molar refractivity (Wildman–Crippen MR) is 72.7 cm³/mol. The van der Waals surface area contributed by atoms with Crippen LogP contribution in [0.2, 0.25) is 0 Å². The number of allylic oxidation sites excluding steroid dienone is 3. The van der Waals surface area contributed by atoms with Crippen molar-refractivity contribution < 1.29 is 14.0 Å². The van der Waals surface area contributed by atoms with Gasteiger partial charge in [0.1, 0.15) is 5.83 Å². The van der Waals surface area contributed by atoms with Gasteiger partial charge in [-0.05, 0) is 23.4 Å². The van der Waals surface area contributed by atoms with E-state index in [2.05, 4.69) is 5.32 Å². The Bertz CT molecular complexity index is 546. The van der Waals surface area contributed by atoms with Gasteiger partial charge in [-0.25, -0.2) is 4.39 Å². The second-order valence-electron chi connectivity index (χ2n) is 4.42. The second-order valence-corrected chi connectivity index (χ2v) is 5.37. The SMILES string of the molecule is CC1CC(F)=CC=C1C(=O)NCC(=O)c1cccs1. The van der Waals surface area contributed by atoms with Crippen molar-refractivity contribution in [3.05, 3.63) is 45.9 Å². The summed E-state index contributed by atoms with van der Waals surface area (Å²) < 4.78 is 13.0. The van der Waals surface area contributed by atoms with Gasteiger partial charge in [0.2, 0.25) is 5.91 Å². The van der Waals surface area contributed by atoms with Gasteiger partial charge >= 0.3 is 0 Å². The van der Waals surface area contributed by atoms with Gasteiger partial charge in [0, 0.05) is 12.0 Å². The molecule has 1 aliphatic rings. The highest BCUT2D eigenvalue weighted by Crippen LogP contribution is 2.25. The van der Waals surface area contributed by atoms with Crippen molar-refractivity contribution in [2.75, 3.05) is 6.54 Å². The van der Waals surface area contributed by atoms with E-state index in [1.807, 2.05) is 5.38 Å². The van der Waals surface area contributed by atoms with Crippen LogP contribution in [0.1, 0.15) is 23.0 Å². The minimum Gasteiger partial charge on any atom is -0.345 e. The van der Waals surface area contributed by atoms with Crippen LogP contribution in [-0.2, 0) is 4.79 Å². The first-order chi connectivity index (χ1) is 9.08. The molecule has 1 atom stereocenters. The zero-order valence-corrected chi connectivity index (χ0v) is 11.3.